The molecule has 0 unspecified atom stereocenters. The van der Waals surface area contributed by atoms with Crippen LogP contribution in [-0.2, 0) is 19.1 Å². The average Bonchev–Trinajstić information content (AvgIpc) is 3.07. The van der Waals surface area contributed by atoms with Gasteiger partial charge in [0.1, 0.15) is 12.4 Å². The SMILES string of the molecule is C=CC[C@@H]1CC(C(=O)OCC)(C(=O)OCC)C[C@H]1/C=C/COc1ccccc1. The maximum Gasteiger partial charge on any atom is 0.323 e. The van der Waals surface area contributed by atoms with Gasteiger partial charge in [-0.05, 0) is 57.1 Å². The Morgan fingerprint density at radius 2 is 1.75 bits per heavy atom. The number of hydrogen-bond donors (Lipinski definition) is 0. The lowest BCUT2D eigenvalue weighted by Crippen LogP contribution is -2.40. The third-order valence-corrected chi connectivity index (χ3v) is 5.07. The summed E-state index contributed by atoms with van der Waals surface area (Å²) in [6, 6.07) is 9.57. The first-order valence-electron chi connectivity index (χ1n) is 9.87. The van der Waals surface area contributed by atoms with Crippen molar-refractivity contribution < 1.29 is 23.8 Å². The number of para-hydroxylation sites is 1. The van der Waals surface area contributed by atoms with Crippen LogP contribution in [0.15, 0.2) is 55.1 Å². The quantitative estimate of drug-likeness (QED) is 0.340. The minimum Gasteiger partial charge on any atom is -0.490 e. The van der Waals surface area contributed by atoms with E-state index in [0.717, 1.165) is 12.2 Å². The molecule has 0 amide bonds. The van der Waals surface area contributed by atoms with E-state index in [9.17, 15) is 9.59 Å². The molecule has 5 nitrogen and oxygen atoms in total. The first kappa shape index (κ1) is 21.7. The second kappa shape index (κ2) is 10.7. The Labute approximate surface area is 167 Å². The van der Waals surface area contributed by atoms with Crippen molar-refractivity contribution in [1.29, 1.82) is 0 Å². The first-order valence-corrected chi connectivity index (χ1v) is 9.87. The Morgan fingerprint density at radius 1 is 1.11 bits per heavy atom. The third kappa shape index (κ3) is 5.24. The van der Waals surface area contributed by atoms with Gasteiger partial charge < -0.3 is 14.2 Å². The van der Waals surface area contributed by atoms with E-state index < -0.39 is 17.4 Å². The summed E-state index contributed by atoms with van der Waals surface area (Å²) in [5, 5.41) is 0. The van der Waals surface area contributed by atoms with Gasteiger partial charge in [-0.2, -0.15) is 0 Å². The fraction of sp³-hybridized carbons (Fsp3) is 0.478. The van der Waals surface area contributed by atoms with Gasteiger partial charge in [0.2, 0.25) is 0 Å². The van der Waals surface area contributed by atoms with Crippen LogP contribution in [0.4, 0.5) is 0 Å². The second-order valence-electron chi connectivity index (χ2n) is 6.93. The van der Waals surface area contributed by atoms with Crippen molar-refractivity contribution in [3.8, 4) is 5.75 Å². The summed E-state index contributed by atoms with van der Waals surface area (Å²) in [7, 11) is 0. The Kier molecular flexibility index (Phi) is 8.30. The molecule has 1 fully saturated rings. The summed E-state index contributed by atoms with van der Waals surface area (Å²) in [6.45, 7) is 8.20. The topological polar surface area (TPSA) is 61.8 Å². The van der Waals surface area contributed by atoms with Gasteiger partial charge in [0, 0.05) is 0 Å². The van der Waals surface area contributed by atoms with Gasteiger partial charge in [-0.1, -0.05) is 36.4 Å². The number of esters is 2. The molecule has 0 saturated heterocycles. The Bertz CT molecular complexity index is 661. The van der Waals surface area contributed by atoms with Crippen molar-refractivity contribution in [3.05, 3.63) is 55.1 Å². The van der Waals surface area contributed by atoms with E-state index in [1.807, 2.05) is 48.6 Å². The predicted octanol–water partition coefficient (Wildman–Crippen LogP) is 4.34. The van der Waals surface area contributed by atoms with Crippen LogP contribution in [0.25, 0.3) is 0 Å². The summed E-state index contributed by atoms with van der Waals surface area (Å²) in [5.41, 5.74) is -1.24. The fourth-order valence-electron chi connectivity index (χ4n) is 3.80. The van der Waals surface area contributed by atoms with Gasteiger partial charge in [-0.15, -0.1) is 6.58 Å². The van der Waals surface area contributed by atoms with Crippen LogP contribution >= 0.6 is 0 Å². The smallest absolute Gasteiger partial charge is 0.323 e. The molecule has 28 heavy (non-hydrogen) atoms. The third-order valence-electron chi connectivity index (χ3n) is 5.07. The Morgan fingerprint density at radius 3 is 2.32 bits per heavy atom. The zero-order valence-electron chi connectivity index (χ0n) is 16.8. The van der Waals surface area contributed by atoms with Gasteiger partial charge in [0.15, 0.2) is 5.41 Å². The van der Waals surface area contributed by atoms with E-state index in [2.05, 4.69) is 6.58 Å². The highest BCUT2D eigenvalue weighted by Gasteiger charge is 2.56. The van der Waals surface area contributed by atoms with Crippen LogP contribution in [0, 0.1) is 17.3 Å². The standard InChI is InChI=1S/C23H30O5/c1-4-11-18-16-23(21(24)26-5-2,22(25)27-6-3)17-19(18)12-10-15-28-20-13-8-7-9-14-20/h4,7-10,12-14,18-19H,1,5-6,11,15-17H2,2-3H3/b12-10+/t18-,19-/m1/s1. The van der Waals surface area contributed by atoms with Crippen LogP contribution in [0.5, 0.6) is 5.75 Å². The summed E-state index contributed by atoms with van der Waals surface area (Å²) in [4.78, 5) is 25.4. The molecule has 0 radical (unpaired) electrons. The molecular formula is C23H30O5. The number of carbonyl (C=O) groups is 2. The van der Waals surface area contributed by atoms with Gasteiger partial charge in [0.05, 0.1) is 13.2 Å². The zero-order valence-corrected chi connectivity index (χ0v) is 16.8. The average molecular weight is 386 g/mol. The van der Waals surface area contributed by atoms with Crippen molar-refractivity contribution in [3.63, 3.8) is 0 Å². The fourth-order valence-corrected chi connectivity index (χ4v) is 3.80. The normalized spacial score (nSPS) is 20.6. The van der Waals surface area contributed by atoms with Gasteiger partial charge in [0.25, 0.3) is 0 Å². The highest BCUT2D eigenvalue weighted by atomic mass is 16.6. The van der Waals surface area contributed by atoms with Gasteiger partial charge in [-0.25, -0.2) is 0 Å². The lowest BCUT2D eigenvalue weighted by atomic mass is 9.84. The van der Waals surface area contributed by atoms with Crippen molar-refractivity contribution in [2.45, 2.75) is 33.1 Å². The number of carbonyl (C=O) groups excluding carboxylic acids is 2. The molecule has 0 bridgehead atoms. The maximum atomic E-state index is 12.7. The summed E-state index contributed by atoms with van der Waals surface area (Å²) < 4.78 is 16.2. The lowest BCUT2D eigenvalue weighted by molar-refractivity contribution is -0.172. The minimum absolute atomic E-state index is 0.0474. The molecule has 0 N–H and O–H groups in total. The molecule has 1 aliphatic rings. The van der Waals surface area contributed by atoms with Crippen LogP contribution in [0.1, 0.15) is 33.1 Å². The molecule has 0 heterocycles. The molecule has 1 aromatic carbocycles. The Balaban J connectivity index is 2.13. The second-order valence-corrected chi connectivity index (χ2v) is 6.93. The highest BCUT2D eigenvalue weighted by Crippen LogP contribution is 2.49. The molecule has 152 valence electrons. The summed E-state index contributed by atoms with van der Waals surface area (Å²) >= 11 is 0. The highest BCUT2D eigenvalue weighted by molar-refractivity contribution is 6.00. The van der Waals surface area contributed by atoms with E-state index in [1.54, 1.807) is 13.8 Å². The van der Waals surface area contributed by atoms with E-state index >= 15 is 0 Å². The molecule has 0 aromatic heterocycles. The molecule has 2 atom stereocenters. The molecule has 1 aliphatic carbocycles. The van der Waals surface area contributed by atoms with Crippen molar-refractivity contribution in [1.82, 2.24) is 0 Å². The molecule has 1 saturated carbocycles. The van der Waals surface area contributed by atoms with Crippen molar-refractivity contribution >= 4 is 11.9 Å². The van der Waals surface area contributed by atoms with Gasteiger partial charge >= 0.3 is 11.9 Å². The maximum absolute atomic E-state index is 12.7. The van der Waals surface area contributed by atoms with Gasteiger partial charge in [-0.3, -0.25) is 9.59 Å². The first-order chi connectivity index (χ1) is 13.6. The van der Waals surface area contributed by atoms with Crippen molar-refractivity contribution in [2.24, 2.45) is 17.3 Å². The van der Waals surface area contributed by atoms with E-state index in [1.165, 1.54) is 0 Å². The number of allylic oxidation sites excluding steroid dienone is 2. The number of rotatable bonds is 10. The number of benzene rings is 1. The zero-order chi connectivity index (χ0) is 20.4. The molecule has 1 aromatic rings. The summed E-state index contributed by atoms with van der Waals surface area (Å²) in [6.07, 6.45) is 7.32. The summed E-state index contributed by atoms with van der Waals surface area (Å²) in [5.74, 6) is -0.00280. The molecule has 0 spiro atoms. The Hall–Kier alpha value is -2.56. The van der Waals surface area contributed by atoms with Crippen LogP contribution < -0.4 is 4.74 Å². The van der Waals surface area contributed by atoms with E-state index in [0.29, 0.717) is 19.4 Å². The van der Waals surface area contributed by atoms with Crippen molar-refractivity contribution in [2.75, 3.05) is 19.8 Å². The molecule has 2 rings (SSSR count). The van der Waals surface area contributed by atoms with Crippen LogP contribution in [-0.4, -0.2) is 31.8 Å². The van der Waals surface area contributed by atoms with E-state index in [4.69, 9.17) is 14.2 Å². The number of ether oxygens (including phenoxy) is 3. The molecule has 5 heteroatoms. The van der Waals surface area contributed by atoms with Crippen LogP contribution in [0.3, 0.4) is 0 Å². The molecular weight excluding hydrogens is 356 g/mol. The largest absolute Gasteiger partial charge is 0.490 e. The monoisotopic (exact) mass is 386 g/mol. The molecule has 0 aliphatic heterocycles. The minimum atomic E-state index is -1.24. The van der Waals surface area contributed by atoms with E-state index in [-0.39, 0.29) is 25.0 Å². The number of hydrogen-bond acceptors (Lipinski definition) is 5. The van der Waals surface area contributed by atoms with Crippen LogP contribution in [0.2, 0.25) is 0 Å². The lowest BCUT2D eigenvalue weighted by Gasteiger charge is -2.24. The predicted molar refractivity (Wildman–Crippen MR) is 108 cm³/mol.